The molecule has 0 fully saturated rings. The Morgan fingerprint density at radius 2 is 1.96 bits per heavy atom. The molecule has 8 heteroatoms. The SMILES string of the molecule is Cc1nc(C)c(CCC(=O)Nc2nc(-c3ccc(Cl)cc3)cs2)c(=O)[nH]1. The minimum absolute atomic E-state index is 0.185. The van der Waals surface area contributed by atoms with E-state index in [1.165, 1.54) is 11.3 Å². The highest BCUT2D eigenvalue weighted by molar-refractivity contribution is 7.14. The lowest BCUT2D eigenvalue weighted by Gasteiger charge is -2.05. The van der Waals surface area contributed by atoms with Crippen LogP contribution < -0.4 is 10.9 Å². The second-order valence-electron chi connectivity index (χ2n) is 5.81. The molecule has 1 aromatic carbocycles. The normalized spacial score (nSPS) is 10.7. The number of amides is 1. The van der Waals surface area contributed by atoms with Gasteiger partial charge in [0.2, 0.25) is 5.91 Å². The summed E-state index contributed by atoms with van der Waals surface area (Å²) in [7, 11) is 0. The molecular formula is C18H17ClN4O2S. The number of nitrogens with zero attached hydrogens (tertiary/aromatic N) is 2. The Bertz CT molecular complexity index is 995. The molecule has 0 aliphatic heterocycles. The van der Waals surface area contributed by atoms with E-state index in [4.69, 9.17) is 11.6 Å². The monoisotopic (exact) mass is 388 g/mol. The van der Waals surface area contributed by atoms with Gasteiger partial charge >= 0.3 is 0 Å². The van der Waals surface area contributed by atoms with E-state index in [0.29, 0.717) is 33.7 Å². The fourth-order valence-corrected chi connectivity index (χ4v) is 3.41. The fraction of sp³-hybridized carbons (Fsp3) is 0.222. The molecule has 0 radical (unpaired) electrons. The fourth-order valence-electron chi connectivity index (χ4n) is 2.55. The average molecular weight is 389 g/mol. The second-order valence-corrected chi connectivity index (χ2v) is 7.10. The molecule has 6 nitrogen and oxygen atoms in total. The standard InChI is InChI=1S/C18H17ClN4O2S/c1-10-14(17(25)21-11(2)20-10)7-8-16(24)23-18-22-15(9-26-18)12-3-5-13(19)6-4-12/h3-6,9H,7-8H2,1-2H3,(H,20,21,25)(H,22,23,24). The number of hydrogen-bond donors (Lipinski definition) is 2. The molecule has 0 unspecified atom stereocenters. The number of H-pyrrole nitrogens is 1. The lowest BCUT2D eigenvalue weighted by atomic mass is 10.1. The number of halogens is 1. The average Bonchev–Trinajstić information content (AvgIpc) is 3.03. The van der Waals surface area contributed by atoms with Crippen molar-refractivity contribution >= 4 is 34.0 Å². The summed E-state index contributed by atoms with van der Waals surface area (Å²) in [6.07, 6.45) is 0.514. The van der Waals surface area contributed by atoms with Crippen molar-refractivity contribution in [2.45, 2.75) is 26.7 Å². The van der Waals surface area contributed by atoms with E-state index in [1.807, 2.05) is 17.5 Å². The molecule has 1 amide bonds. The van der Waals surface area contributed by atoms with Gasteiger partial charge in [0.25, 0.3) is 5.56 Å². The molecule has 0 aliphatic carbocycles. The summed E-state index contributed by atoms with van der Waals surface area (Å²) < 4.78 is 0. The number of rotatable bonds is 5. The van der Waals surface area contributed by atoms with E-state index in [2.05, 4.69) is 20.3 Å². The first-order valence-electron chi connectivity index (χ1n) is 8.00. The predicted octanol–water partition coefficient (Wildman–Crippen LogP) is 3.73. The minimum Gasteiger partial charge on any atom is -0.311 e. The van der Waals surface area contributed by atoms with E-state index in [1.54, 1.807) is 26.0 Å². The van der Waals surface area contributed by atoms with Crippen molar-refractivity contribution in [2.24, 2.45) is 0 Å². The van der Waals surface area contributed by atoms with Crippen molar-refractivity contribution in [3.05, 3.63) is 62.1 Å². The van der Waals surface area contributed by atoms with Crippen molar-refractivity contribution in [3.63, 3.8) is 0 Å². The molecule has 0 atom stereocenters. The Labute approximate surface area is 159 Å². The predicted molar refractivity (Wildman–Crippen MR) is 104 cm³/mol. The summed E-state index contributed by atoms with van der Waals surface area (Å²) in [4.78, 5) is 35.4. The lowest BCUT2D eigenvalue weighted by Crippen LogP contribution is -2.20. The highest BCUT2D eigenvalue weighted by Gasteiger charge is 2.12. The molecule has 134 valence electrons. The van der Waals surface area contributed by atoms with Crippen molar-refractivity contribution in [1.82, 2.24) is 15.0 Å². The molecule has 3 aromatic rings. The maximum Gasteiger partial charge on any atom is 0.254 e. The number of carbonyl (C=O) groups is 1. The zero-order valence-electron chi connectivity index (χ0n) is 14.3. The zero-order chi connectivity index (χ0) is 18.7. The number of hydrogen-bond acceptors (Lipinski definition) is 5. The highest BCUT2D eigenvalue weighted by Crippen LogP contribution is 2.26. The molecule has 26 heavy (non-hydrogen) atoms. The van der Waals surface area contributed by atoms with Gasteiger partial charge in [-0.25, -0.2) is 9.97 Å². The number of carbonyl (C=O) groups excluding carboxylic acids is 1. The van der Waals surface area contributed by atoms with Gasteiger partial charge < -0.3 is 10.3 Å². The van der Waals surface area contributed by atoms with Crippen LogP contribution in [0.15, 0.2) is 34.4 Å². The summed E-state index contributed by atoms with van der Waals surface area (Å²) in [6, 6.07) is 7.35. The number of anilines is 1. The van der Waals surface area contributed by atoms with Crippen LogP contribution in [0.1, 0.15) is 23.5 Å². The Hall–Kier alpha value is -2.51. The summed E-state index contributed by atoms with van der Waals surface area (Å²) in [5.41, 5.74) is 2.70. The third kappa shape index (κ3) is 4.36. The molecule has 0 saturated carbocycles. The van der Waals surface area contributed by atoms with Crippen molar-refractivity contribution in [1.29, 1.82) is 0 Å². The Balaban J connectivity index is 1.62. The van der Waals surface area contributed by atoms with Gasteiger partial charge in [-0.3, -0.25) is 9.59 Å². The molecule has 2 aromatic heterocycles. The summed E-state index contributed by atoms with van der Waals surface area (Å²) in [5, 5.41) is 5.83. The smallest absolute Gasteiger partial charge is 0.254 e. The summed E-state index contributed by atoms with van der Waals surface area (Å²) in [5.74, 6) is 0.375. The Kier molecular flexibility index (Phi) is 5.49. The lowest BCUT2D eigenvalue weighted by molar-refractivity contribution is -0.116. The third-order valence-corrected chi connectivity index (χ3v) is 4.84. The first kappa shape index (κ1) is 18.3. The molecule has 3 rings (SSSR count). The van der Waals surface area contributed by atoms with E-state index >= 15 is 0 Å². The first-order chi connectivity index (χ1) is 12.4. The second kappa shape index (κ2) is 7.80. The van der Waals surface area contributed by atoms with Gasteiger partial charge in [-0.1, -0.05) is 23.7 Å². The molecule has 0 saturated heterocycles. The van der Waals surface area contributed by atoms with Gasteiger partial charge in [0, 0.05) is 33.6 Å². The van der Waals surface area contributed by atoms with E-state index in [-0.39, 0.29) is 17.9 Å². The largest absolute Gasteiger partial charge is 0.311 e. The van der Waals surface area contributed by atoms with Crippen LogP contribution in [0, 0.1) is 13.8 Å². The highest BCUT2D eigenvalue weighted by atomic mass is 35.5. The minimum atomic E-state index is -0.193. The first-order valence-corrected chi connectivity index (χ1v) is 9.26. The molecule has 0 spiro atoms. The van der Waals surface area contributed by atoms with Gasteiger partial charge in [-0.2, -0.15) is 0 Å². The summed E-state index contributed by atoms with van der Waals surface area (Å²) >= 11 is 7.24. The zero-order valence-corrected chi connectivity index (χ0v) is 15.9. The van der Waals surface area contributed by atoms with Gasteiger partial charge in [0.05, 0.1) is 5.69 Å². The van der Waals surface area contributed by atoms with Crippen molar-refractivity contribution < 1.29 is 4.79 Å². The molecule has 2 heterocycles. The molecular weight excluding hydrogens is 372 g/mol. The van der Waals surface area contributed by atoms with Gasteiger partial charge in [0.15, 0.2) is 5.13 Å². The number of aryl methyl sites for hydroxylation is 2. The van der Waals surface area contributed by atoms with Crippen LogP contribution in [0.2, 0.25) is 5.02 Å². The quantitative estimate of drug-likeness (QED) is 0.697. The number of thiazole rings is 1. The van der Waals surface area contributed by atoms with Crippen LogP contribution in [-0.4, -0.2) is 20.9 Å². The van der Waals surface area contributed by atoms with Crippen molar-refractivity contribution in [3.8, 4) is 11.3 Å². The third-order valence-electron chi connectivity index (χ3n) is 3.83. The number of benzene rings is 1. The van der Waals surface area contributed by atoms with Gasteiger partial charge in [0.1, 0.15) is 5.82 Å². The number of nitrogens with one attached hydrogen (secondary N) is 2. The number of aromatic amines is 1. The van der Waals surface area contributed by atoms with Crippen LogP contribution >= 0.6 is 22.9 Å². The van der Waals surface area contributed by atoms with Gasteiger partial charge in [-0.15, -0.1) is 11.3 Å². The van der Waals surface area contributed by atoms with Gasteiger partial charge in [-0.05, 0) is 32.4 Å². The maximum absolute atomic E-state index is 12.2. The Morgan fingerprint density at radius 1 is 1.23 bits per heavy atom. The van der Waals surface area contributed by atoms with Crippen LogP contribution in [0.3, 0.4) is 0 Å². The topological polar surface area (TPSA) is 87.7 Å². The maximum atomic E-state index is 12.2. The van der Waals surface area contributed by atoms with Crippen molar-refractivity contribution in [2.75, 3.05) is 5.32 Å². The van der Waals surface area contributed by atoms with E-state index in [9.17, 15) is 9.59 Å². The van der Waals surface area contributed by atoms with Crippen LogP contribution in [0.4, 0.5) is 5.13 Å². The molecule has 2 N–H and O–H groups in total. The van der Waals surface area contributed by atoms with Crippen LogP contribution in [-0.2, 0) is 11.2 Å². The Morgan fingerprint density at radius 3 is 2.65 bits per heavy atom. The number of aromatic nitrogens is 3. The van der Waals surface area contributed by atoms with Crippen LogP contribution in [0.25, 0.3) is 11.3 Å². The van der Waals surface area contributed by atoms with E-state index in [0.717, 1.165) is 11.3 Å². The summed E-state index contributed by atoms with van der Waals surface area (Å²) in [6.45, 7) is 3.50. The van der Waals surface area contributed by atoms with E-state index < -0.39 is 0 Å². The molecule has 0 aliphatic rings. The molecule has 0 bridgehead atoms. The van der Waals surface area contributed by atoms with Crippen LogP contribution in [0.5, 0.6) is 0 Å².